The maximum Gasteiger partial charge on any atom is 0.121 e. The zero-order valence-corrected chi connectivity index (χ0v) is 13.9. The lowest BCUT2D eigenvalue weighted by molar-refractivity contribution is 0.229. The average Bonchev–Trinajstić information content (AvgIpc) is 3.05. The Hall–Kier alpha value is -2.37. The predicted octanol–water partition coefficient (Wildman–Crippen LogP) is 2.64. The molecule has 5 heteroatoms. The van der Waals surface area contributed by atoms with Gasteiger partial charge in [-0.1, -0.05) is 24.3 Å². The summed E-state index contributed by atoms with van der Waals surface area (Å²) in [6, 6.07) is 14.4. The molecular weight excluding hydrogens is 300 g/mol. The second-order valence-corrected chi connectivity index (χ2v) is 6.14. The summed E-state index contributed by atoms with van der Waals surface area (Å²) in [5.74, 6) is 1.90. The minimum atomic E-state index is 0.868. The van der Waals surface area contributed by atoms with Crippen molar-refractivity contribution in [3.8, 4) is 16.9 Å². The number of imidazole rings is 1. The van der Waals surface area contributed by atoms with Crippen molar-refractivity contribution in [2.45, 2.75) is 6.54 Å². The number of aromatic amines is 1. The van der Waals surface area contributed by atoms with Crippen molar-refractivity contribution in [2.24, 2.45) is 0 Å². The van der Waals surface area contributed by atoms with E-state index in [4.69, 9.17) is 9.72 Å². The van der Waals surface area contributed by atoms with Crippen LogP contribution in [0.25, 0.3) is 22.2 Å². The first kappa shape index (κ1) is 15.2. The molecule has 2 N–H and O–H groups in total. The van der Waals surface area contributed by atoms with Crippen molar-refractivity contribution in [1.29, 1.82) is 0 Å². The lowest BCUT2D eigenvalue weighted by Gasteiger charge is -2.26. The largest absolute Gasteiger partial charge is 0.497 e. The van der Waals surface area contributed by atoms with E-state index in [1.54, 1.807) is 7.11 Å². The van der Waals surface area contributed by atoms with Gasteiger partial charge in [0.2, 0.25) is 0 Å². The molecule has 1 fully saturated rings. The van der Waals surface area contributed by atoms with E-state index in [9.17, 15) is 0 Å². The first-order valence-electron chi connectivity index (χ1n) is 8.38. The molecule has 5 nitrogen and oxygen atoms in total. The molecule has 124 valence electrons. The Morgan fingerprint density at radius 1 is 1.08 bits per heavy atom. The highest BCUT2D eigenvalue weighted by Crippen LogP contribution is 2.28. The number of hydrogen-bond donors (Lipinski definition) is 2. The Bertz CT molecular complexity index is 819. The van der Waals surface area contributed by atoms with Crippen LogP contribution in [-0.4, -0.2) is 48.2 Å². The van der Waals surface area contributed by atoms with Crippen LogP contribution in [0, 0.1) is 0 Å². The van der Waals surface area contributed by atoms with Crippen LogP contribution in [0.1, 0.15) is 5.82 Å². The number of para-hydroxylation sites is 1. The summed E-state index contributed by atoms with van der Waals surface area (Å²) in [6.45, 7) is 5.12. The Balaban J connectivity index is 1.66. The van der Waals surface area contributed by atoms with E-state index < -0.39 is 0 Å². The summed E-state index contributed by atoms with van der Waals surface area (Å²) in [6.07, 6.45) is 0. The SMILES string of the molecule is COc1ccc(-c2cccc3[nH]c(CN4CCNCC4)nc23)cc1. The number of piperazine rings is 1. The van der Waals surface area contributed by atoms with E-state index in [1.807, 2.05) is 12.1 Å². The molecule has 4 rings (SSSR count). The van der Waals surface area contributed by atoms with E-state index in [-0.39, 0.29) is 0 Å². The summed E-state index contributed by atoms with van der Waals surface area (Å²) >= 11 is 0. The smallest absolute Gasteiger partial charge is 0.121 e. The van der Waals surface area contributed by atoms with Crippen LogP contribution < -0.4 is 10.1 Å². The van der Waals surface area contributed by atoms with Gasteiger partial charge in [-0.15, -0.1) is 0 Å². The maximum absolute atomic E-state index is 5.25. The molecule has 0 amide bonds. The standard InChI is InChI=1S/C19H22N4O/c1-24-15-7-5-14(6-8-15)16-3-2-4-17-19(16)22-18(21-17)13-23-11-9-20-10-12-23/h2-8,20H,9-13H2,1H3,(H,21,22). The van der Waals surface area contributed by atoms with Gasteiger partial charge < -0.3 is 15.0 Å². The Kier molecular flexibility index (Phi) is 4.19. The molecule has 0 aliphatic carbocycles. The van der Waals surface area contributed by atoms with Crippen LogP contribution >= 0.6 is 0 Å². The second kappa shape index (κ2) is 6.63. The molecule has 0 atom stereocenters. The molecule has 1 saturated heterocycles. The van der Waals surface area contributed by atoms with Gasteiger partial charge in [0, 0.05) is 31.7 Å². The van der Waals surface area contributed by atoms with Crippen LogP contribution in [0.5, 0.6) is 5.75 Å². The van der Waals surface area contributed by atoms with Gasteiger partial charge in [0.15, 0.2) is 0 Å². The number of H-pyrrole nitrogens is 1. The second-order valence-electron chi connectivity index (χ2n) is 6.14. The van der Waals surface area contributed by atoms with Crippen molar-refractivity contribution in [1.82, 2.24) is 20.2 Å². The van der Waals surface area contributed by atoms with E-state index in [0.29, 0.717) is 0 Å². The highest BCUT2D eigenvalue weighted by Gasteiger charge is 2.14. The lowest BCUT2D eigenvalue weighted by atomic mass is 10.0. The fourth-order valence-corrected chi connectivity index (χ4v) is 3.24. The molecule has 24 heavy (non-hydrogen) atoms. The number of nitrogens with zero attached hydrogens (tertiary/aromatic N) is 2. The normalized spacial score (nSPS) is 15.7. The number of nitrogens with one attached hydrogen (secondary N) is 2. The van der Waals surface area contributed by atoms with Gasteiger partial charge in [0.25, 0.3) is 0 Å². The number of aromatic nitrogens is 2. The Morgan fingerprint density at radius 2 is 1.88 bits per heavy atom. The molecule has 1 aliphatic heterocycles. The van der Waals surface area contributed by atoms with Crippen LogP contribution in [0.4, 0.5) is 0 Å². The minimum Gasteiger partial charge on any atom is -0.497 e. The third-order valence-electron chi connectivity index (χ3n) is 4.55. The van der Waals surface area contributed by atoms with Crippen molar-refractivity contribution in [3.63, 3.8) is 0 Å². The van der Waals surface area contributed by atoms with Crippen LogP contribution in [0.3, 0.4) is 0 Å². The van der Waals surface area contributed by atoms with Crippen LogP contribution in [0.15, 0.2) is 42.5 Å². The van der Waals surface area contributed by atoms with Crippen molar-refractivity contribution < 1.29 is 4.74 Å². The van der Waals surface area contributed by atoms with Gasteiger partial charge in [0.05, 0.1) is 24.7 Å². The zero-order valence-electron chi connectivity index (χ0n) is 13.9. The molecule has 1 aliphatic rings. The number of ether oxygens (including phenoxy) is 1. The molecule has 0 unspecified atom stereocenters. The van der Waals surface area contributed by atoms with Gasteiger partial charge >= 0.3 is 0 Å². The van der Waals surface area contributed by atoms with Crippen LogP contribution in [-0.2, 0) is 6.54 Å². The highest BCUT2D eigenvalue weighted by molar-refractivity contribution is 5.92. The third-order valence-corrected chi connectivity index (χ3v) is 4.55. The molecule has 0 spiro atoms. The molecule has 1 aromatic heterocycles. The zero-order chi connectivity index (χ0) is 16.4. The number of benzene rings is 2. The van der Waals surface area contributed by atoms with Gasteiger partial charge in [-0.25, -0.2) is 4.98 Å². The van der Waals surface area contributed by atoms with Gasteiger partial charge in [0.1, 0.15) is 11.6 Å². The Labute approximate surface area is 141 Å². The van der Waals surface area contributed by atoms with Crippen molar-refractivity contribution in [2.75, 3.05) is 33.3 Å². The van der Waals surface area contributed by atoms with E-state index in [2.05, 4.69) is 45.5 Å². The first-order chi connectivity index (χ1) is 11.8. The maximum atomic E-state index is 5.25. The minimum absolute atomic E-state index is 0.868. The van der Waals surface area contributed by atoms with E-state index in [1.165, 1.54) is 0 Å². The quantitative estimate of drug-likeness (QED) is 0.775. The summed E-state index contributed by atoms with van der Waals surface area (Å²) in [5.41, 5.74) is 4.43. The summed E-state index contributed by atoms with van der Waals surface area (Å²) in [5, 5.41) is 3.38. The molecular formula is C19H22N4O. The third kappa shape index (κ3) is 3.00. The van der Waals surface area contributed by atoms with E-state index in [0.717, 1.165) is 66.5 Å². The van der Waals surface area contributed by atoms with E-state index >= 15 is 0 Å². The van der Waals surface area contributed by atoms with Gasteiger partial charge in [-0.2, -0.15) is 0 Å². The van der Waals surface area contributed by atoms with Crippen LogP contribution in [0.2, 0.25) is 0 Å². The summed E-state index contributed by atoms with van der Waals surface area (Å²) in [7, 11) is 1.69. The number of rotatable bonds is 4. The lowest BCUT2D eigenvalue weighted by Crippen LogP contribution is -2.43. The van der Waals surface area contributed by atoms with Gasteiger partial charge in [-0.05, 0) is 23.8 Å². The fourth-order valence-electron chi connectivity index (χ4n) is 3.24. The van der Waals surface area contributed by atoms with Crippen molar-refractivity contribution >= 4 is 11.0 Å². The number of methoxy groups -OCH3 is 1. The molecule has 2 heterocycles. The molecule has 3 aromatic rings. The topological polar surface area (TPSA) is 53.2 Å². The molecule has 0 bridgehead atoms. The fraction of sp³-hybridized carbons (Fsp3) is 0.316. The van der Waals surface area contributed by atoms with Gasteiger partial charge in [-0.3, -0.25) is 4.90 Å². The number of fused-ring (bicyclic) bond motifs is 1. The molecule has 2 aromatic carbocycles. The molecule has 0 saturated carbocycles. The predicted molar refractivity (Wildman–Crippen MR) is 96.2 cm³/mol. The first-order valence-corrected chi connectivity index (χ1v) is 8.38. The van der Waals surface area contributed by atoms with Crippen molar-refractivity contribution in [3.05, 3.63) is 48.3 Å². The average molecular weight is 322 g/mol. The monoisotopic (exact) mass is 322 g/mol. The summed E-state index contributed by atoms with van der Waals surface area (Å²) < 4.78 is 5.25. The summed E-state index contributed by atoms with van der Waals surface area (Å²) in [4.78, 5) is 10.8. The Morgan fingerprint density at radius 3 is 2.62 bits per heavy atom. The number of hydrogen-bond acceptors (Lipinski definition) is 4. The molecule has 0 radical (unpaired) electrons. The highest BCUT2D eigenvalue weighted by atomic mass is 16.5.